The lowest BCUT2D eigenvalue weighted by Gasteiger charge is -2.14. The third kappa shape index (κ3) is 4.03. The van der Waals surface area contributed by atoms with Crippen LogP contribution in [0.5, 0.6) is 0 Å². The minimum absolute atomic E-state index is 0.0108. The maximum absolute atomic E-state index is 12.9. The smallest absolute Gasteiger partial charge is 0.251 e. The molecule has 0 bridgehead atoms. The molecule has 0 aromatic heterocycles. The molecule has 0 saturated carbocycles. The number of benzene rings is 1. The lowest BCUT2D eigenvalue weighted by atomic mass is 10.2. The molecule has 0 saturated heterocycles. The first-order valence-electron chi connectivity index (χ1n) is 5.56. The lowest BCUT2D eigenvalue weighted by Crippen LogP contribution is -2.32. The lowest BCUT2D eigenvalue weighted by molar-refractivity contribution is 0.0950. The first-order chi connectivity index (χ1) is 8.04. The molecule has 4 nitrogen and oxygen atoms in total. The number of nitrogen functional groups attached to an aromatic ring is 1. The van der Waals surface area contributed by atoms with E-state index < -0.39 is 5.82 Å². The van der Waals surface area contributed by atoms with Crippen LogP contribution in [0.1, 0.15) is 17.3 Å². The van der Waals surface area contributed by atoms with Gasteiger partial charge in [0.2, 0.25) is 0 Å². The number of nitrogens with two attached hydrogens (primary N) is 1. The molecule has 0 radical (unpaired) electrons. The second-order valence-corrected chi connectivity index (χ2v) is 3.89. The molecule has 17 heavy (non-hydrogen) atoms. The number of anilines is 1. The highest BCUT2D eigenvalue weighted by Gasteiger charge is 2.07. The standard InChI is InChI=1S/C12H18FN3O/c1-3-16(2)7-6-15-12(17)9-4-5-10(13)11(14)8-9/h4-5,8H,3,6-7,14H2,1-2H3,(H,15,17). The van der Waals surface area contributed by atoms with Gasteiger partial charge in [0.25, 0.3) is 5.91 Å². The van der Waals surface area contributed by atoms with Crippen molar-refractivity contribution in [2.75, 3.05) is 32.4 Å². The maximum atomic E-state index is 12.9. The highest BCUT2D eigenvalue weighted by atomic mass is 19.1. The van der Waals surface area contributed by atoms with Gasteiger partial charge >= 0.3 is 0 Å². The Morgan fingerprint density at radius 1 is 1.53 bits per heavy atom. The van der Waals surface area contributed by atoms with Gasteiger partial charge in [-0.15, -0.1) is 0 Å². The Kier molecular flexibility index (Phi) is 4.90. The van der Waals surface area contributed by atoms with Crippen molar-refractivity contribution in [3.05, 3.63) is 29.6 Å². The van der Waals surface area contributed by atoms with E-state index in [1.807, 2.05) is 14.0 Å². The molecule has 1 aromatic rings. The number of nitrogens with zero attached hydrogens (tertiary/aromatic N) is 1. The summed E-state index contributed by atoms with van der Waals surface area (Å²) in [5.41, 5.74) is 5.76. The van der Waals surface area contributed by atoms with E-state index >= 15 is 0 Å². The summed E-state index contributed by atoms with van der Waals surface area (Å²) in [5, 5.41) is 2.75. The summed E-state index contributed by atoms with van der Waals surface area (Å²) in [6.07, 6.45) is 0. The number of hydrogen-bond donors (Lipinski definition) is 2. The van der Waals surface area contributed by atoms with Crippen molar-refractivity contribution in [1.29, 1.82) is 0 Å². The minimum atomic E-state index is -0.507. The van der Waals surface area contributed by atoms with E-state index in [0.717, 1.165) is 13.1 Å². The number of nitrogens with one attached hydrogen (secondary N) is 1. The Hall–Kier alpha value is -1.62. The molecule has 94 valence electrons. The van der Waals surface area contributed by atoms with Crippen molar-refractivity contribution in [2.24, 2.45) is 0 Å². The zero-order chi connectivity index (χ0) is 12.8. The van der Waals surface area contributed by atoms with Crippen LogP contribution in [0.2, 0.25) is 0 Å². The molecule has 0 aliphatic heterocycles. The molecule has 0 spiro atoms. The summed E-state index contributed by atoms with van der Waals surface area (Å²) in [6, 6.07) is 3.96. The molecule has 0 heterocycles. The molecule has 1 rings (SSSR count). The first-order valence-corrected chi connectivity index (χ1v) is 5.56. The molecule has 0 fully saturated rings. The zero-order valence-corrected chi connectivity index (χ0v) is 10.2. The molecule has 0 aliphatic carbocycles. The SMILES string of the molecule is CCN(C)CCNC(=O)c1ccc(F)c(N)c1. The van der Waals surface area contributed by atoms with Crippen LogP contribution < -0.4 is 11.1 Å². The van der Waals surface area contributed by atoms with E-state index in [2.05, 4.69) is 10.2 Å². The van der Waals surface area contributed by atoms with Crippen LogP contribution >= 0.6 is 0 Å². The van der Waals surface area contributed by atoms with Crippen LogP contribution in [0, 0.1) is 5.82 Å². The fourth-order valence-corrected chi connectivity index (χ4v) is 1.31. The summed E-state index contributed by atoms with van der Waals surface area (Å²) < 4.78 is 12.9. The van der Waals surface area contributed by atoms with Crippen molar-refractivity contribution in [3.8, 4) is 0 Å². The Morgan fingerprint density at radius 3 is 2.82 bits per heavy atom. The minimum Gasteiger partial charge on any atom is -0.396 e. The van der Waals surface area contributed by atoms with Crippen molar-refractivity contribution in [3.63, 3.8) is 0 Å². The van der Waals surface area contributed by atoms with Gasteiger partial charge in [0.1, 0.15) is 5.82 Å². The van der Waals surface area contributed by atoms with Crippen molar-refractivity contribution in [1.82, 2.24) is 10.2 Å². The van der Waals surface area contributed by atoms with Gasteiger partial charge in [-0.05, 0) is 31.8 Å². The van der Waals surface area contributed by atoms with Gasteiger partial charge in [0.15, 0.2) is 0 Å². The number of hydrogen-bond acceptors (Lipinski definition) is 3. The van der Waals surface area contributed by atoms with Crippen LogP contribution in [0.3, 0.4) is 0 Å². The number of rotatable bonds is 5. The summed E-state index contributed by atoms with van der Waals surface area (Å²) in [4.78, 5) is 13.8. The van der Waals surface area contributed by atoms with Crippen molar-refractivity contribution >= 4 is 11.6 Å². The zero-order valence-electron chi connectivity index (χ0n) is 10.2. The van der Waals surface area contributed by atoms with Crippen LogP contribution in [0.15, 0.2) is 18.2 Å². The van der Waals surface area contributed by atoms with Crippen LogP contribution in [-0.4, -0.2) is 37.5 Å². The predicted molar refractivity (Wildman–Crippen MR) is 66.3 cm³/mol. The fraction of sp³-hybridized carbons (Fsp3) is 0.417. The van der Waals surface area contributed by atoms with E-state index in [-0.39, 0.29) is 11.6 Å². The summed E-state index contributed by atoms with van der Waals surface area (Å²) in [6.45, 7) is 4.31. The first kappa shape index (κ1) is 13.4. The van der Waals surface area contributed by atoms with Crippen LogP contribution in [0.25, 0.3) is 0 Å². The molecule has 1 amide bonds. The van der Waals surface area contributed by atoms with Gasteiger partial charge in [0.05, 0.1) is 5.69 Å². The summed E-state index contributed by atoms with van der Waals surface area (Å²) in [7, 11) is 1.97. The van der Waals surface area contributed by atoms with Crippen molar-refractivity contribution in [2.45, 2.75) is 6.92 Å². The second kappa shape index (κ2) is 6.20. The van der Waals surface area contributed by atoms with E-state index in [1.54, 1.807) is 0 Å². The number of amides is 1. The number of halogens is 1. The van der Waals surface area contributed by atoms with E-state index in [9.17, 15) is 9.18 Å². The summed E-state index contributed by atoms with van der Waals surface area (Å²) in [5.74, 6) is -0.742. The van der Waals surface area contributed by atoms with Gasteiger partial charge in [-0.2, -0.15) is 0 Å². The molecule has 3 N–H and O–H groups in total. The second-order valence-electron chi connectivity index (χ2n) is 3.89. The molecular formula is C12H18FN3O. The van der Waals surface area contributed by atoms with Crippen LogP contribution in [0.4, 0.5) is 10.1 Å². The van der Waals surface area contributed by atoms with E-state index in [1.165, 1.54) is 18.2 Å². The Labute approximate surface area is 101 Å². The molecule has 1 aromatic carbocycles. The summed E-state index contributed by atoms with van der Waals surface area (Å²) >= 11 is 0. The average molecular weight is 239 g/mol. The van der Waals surface area contributed by atoms with Crippen LogP contribution in [-0.2, 0) is 0 Å². The quantitative estimate of drug-likeness (QED) is 0.756. The molecule has 5 heteroatoms. The monoisotopic (exact) mass is 239 g/mol. The van der Waals surface area contributed by atoms with Gasteiger partial charge in [0, 0.05) is 18.7 Å². The van der Waals surface area contributed by atoms with E-state index in [0.29, 0.717) is 12.1 Å². The normalized spacial score (nSPS) is 10.6. The fourth-order valence-electron chi connectivity index (χ4n) is 1.31. The Bertz CT molecular complexity index is 395. The maximum Gasteiger partial charge on any atom is 0.251 e. The highest BCUT2D eigenvalue weighted by Crippen LogP contribution is 2.11. The largest absolute Gasteiger partial charge is 0.396 e. The molecule has 0 atom stereocenters. The predicted octanol–water partition coefficient (Wildman–Crippen LogP) is 1.09. The van der Waals surface area contributed by atoms with Gasteiger partial charge in [-0.3, -0.25) is 4.79 Å². The van der Waals surface area contributed by atoms with Crippen molar-refractivity contribution < 1.29 is 9.18 Å². The van der Waals surface area contributed by atoms with Gasteiger partial charge in [-0.25, -0.2) is 4.39 Å². The third-order valence-corrected chi connectivity index (χ3v) is 2.58. The highest BCUT2D eigenvalue weighted by molar-refractivity contribution is 5.95. The molecule has 0 unspecified atom stereocenters. The Balaban J connectivity index is 2.50. The molecule has 0 aliphatic rings. The topological polar surface area (TPSA) is 58.4 Å². The third-order valence-electron chi connectivity index (χ3n) is 2.58. The van der Waals surface area contributed by atoms with Gasteiger partial charge in [-0.1, -0.05) is 6.92 Å². The Morgan fingerprint density at radius 2 is 2.24 bits per heavy atom. The van der Waals surface area contributed by atoms with E-state index in [4.69, 9.17) is 5.73 Å². The number of likely N-dealkylation sites (N-methyl/N-ethyl adjacent to an activating group) is 1. The number of carbonyl (C=O) groups is 1. The van der Waals surface area contributed by atoms with Gasteiger partial charge < -0.3 is 16.0 Å². The molecular weight excluding hydrogens is 221 g/mol. The average Bonchev–Trinajstić information content (AvgIpc) is 2.32. The number of carbonyl (C=O) groups excluding carboxylic acids is 1.